The van der Waals surface area contributed by atoms with Crippen molar-refractivity contribution in [2.75, 3.05) is 5.32 Å². The Morgan fingerprint density at radius 1 is 0.909 bits per heavy atom. The maximum atomic E-state index is 11.8. The van der Waals surface area contributed by atoms with E-state index in [4.69, 9.17) is 23.2 Å². The van der Waals surface area contributed by atoms with Gasteiger partial charge in [0.1, 0.15) is 0 Å². The minimum Gasteiger partial charge on any atom is -0.307 e. The second-order valence-corrected chi connectivity index (χ2v) is 5.34. The Morgan fingerprint density at radius 3 is 2.23 bits per heavy atom. The first-order valence-electron chi connectivity index (χ1n) is 6.35. The number of halogens is 2. The minimum atomic E-state index is -0.598. The Kier molecular flexibility index (Phi) is 5.25. The molecule has 0 aliphatic rings. The molecule has 0 aliphatic heterocycles. The van der Waals surface area contributed by atoms with Crippen molar-refractivity contribution < 1.29 is 9.59 Å². The van der Waals surface area contributed by atoms with Crippen LogP contribution in [-0.2, 0) is 0 Å². The summed E-state index contributed by atoms with van der Waals surface area (Å²) in [6.07, 6.45) is 0. The summed E-state index contributed by atoms with van der Waals surface area (Å²) in [5.74, 6) is -0.413. The molecular weight excluding hydrogens is 325 g/mol. The third kappa shape index (κ3) is 4.38. The van der Waals surface area contributed by atoms with Crippen LogP contribution in [0.2, 0.25) is 10.0 Å². The number of carbonyl (C=O) groups excluding carboxylic acids is 2. The molecule has 0 heterocycles. The van der Waals surface area contributed by atoms with Crippen LogP contribution in [0.5, 0.6) is 0 Å². The van der Waals surface area contributed by atoms with Crippen molar-refractivity contribution in [3.8, 4) is 0 Å². The zero-order chi connectivity index (χ0) is 16.1. The van der Waals surface area contributed by atoms with Crippen molar-refractivity contribution in [3.05, 3.63) is 63.6 Å². The average Bonchev–Trinajstić information content (AvgIpc) is 2.49. The van der Waals surface area contributed by atoms with Gasteiger partial charge < -0.3 is 5.32 Å². The standard InChI is InChI=1S/C15H13Cl2N3O2/c1-9-2-4-10(5-3-9)14(21)19-20-15(22)18-11-6-7-12(16)13(17)8-11/h2-8H,1H3,(H,19,21)(H2,18,20,22). The zero-order valence-electron chi connectivity index (χ0n) is 11.6. The lowest BCUT2D eigenvalue weighted by molar-refractivity contribution is 0.0938. The zero-order valence-corrected chi connectivity index (χ0v) is 13.1. The lowest BCUT2D eigenvalue weighted by Crippen LogP contribution is -2.43. The molecule has 0 saturated heterocycles. The highest BCUT2D eigenvalue weighted by atomic mass is 35.5. The number of rotatable bonds is 2. The fourth-order valence-electron chi connectivity index (χ4n) is 1.63. The number of benzene rings is 2. The Morgan fingerprint density at radius 2 is 1.59 bits per heavy atom. The van der Waals surface area contributed by atoms with E-state index in [-0.39, 0.29) is 0 Å². The van der Waals surface area contributed by atoms with Gasteiger partial charge in [-0.05, 0) is 37.3 Å². The van der Waals surface area contributed by atoms with Gasteiger partial charge in [-0.2, -0.15) is 0 Å². The van der Waals surface area contributed by atoms with Crippen LogP contribution in [0.4, 0.5) is 10.5 Å². The Balaban J connectivity index is 1.88. The fraction of sp³-hybridized carbons (Fsp3) is 0.0667. The normalized spacial score (nSPS) is 9.95. The molecule has 0 saturated carbocycles. The summed E-state index contributed by atoms with van der Waals surface area (Å²) in [7, 11) is 0. The van der Waals surface area contributed by atoms with Crippen LogP contribution >= 0.6 is 23.2 Å². The molecule has 0 bridgehead atoms. The van der Waals surface area contributed by atoms with Gasteiger partial charge in [0.25, 0.3) is 5.91 Å². The van der Waals surface area contributed by atoms with E-state index < -0.39 is 11.9 Å². The number of anilines is 1. The molecule has 2 aromatic carbocycles. The van der Waals surface area contributed by atoms with Gasteiger partial charge in [-0.25, -0.2) is 10.2 Å². The third-order valence-electron chi connectivity index (χ3n) is 2.78. The van der Waals surface area contributed by atoms with Crippen LogP contribution < -0.4 is 16.2 Å². The maximum absolute atomic E-state index is 11.8. The summed E-state index contributed by atoms with van der Waals surface area (Å²) in [4.78, 5) is 23.5. The molecule has 22 heavy (non-hydrogen) atoms. The van der Waals surface area contributed by atoms with E-state index in [0.29, 0.717) is 21.3 Å². The molecule has 0 fully saturated rings. The molecule has 0 atom stereocenters. The monoisotopic (exact) mass is 337 g/mol. The molecule has 0 unspecified atom stereocenters. The first-order chi connectivity index (χ1) is 10.5. The van der Waals surface area contributed by atoms with E-state index in [2.05, 4.69) is 16.2 Å². The molecule has 2 aromatic rings. The van der Waals surface area contributed by atoms with Gasteiger partial charge in [-0.1, -0.05) is 40.9 Å². The van der Waals surface area contributed by atoms with Gasteiger partial charge in [0.15, 0.2) is 0 Å². The molecule has 0 aromatic heterocycles. The number of hydrazine groups is 1. The molecular formula is C15H13Cl2N3O2. The third-order valence-corrected chi connectivity index (χ3v) is 3.52. The molecule has 0 aliphatic carbocycles. The predicted octanol–water partition coefficient (Wildman–Crippen LogP) is 3.77. The van der Waals surface area contributed by atoms with Crippen LogP contribution in [0.25, 0.3) is 0 Å². The van der Waals surface area contributed by atoms with Crippen LogP contribution in [0, 0.1) is 6.92 Å². The quantitative estimate of drug-likeness (QED) is 0.730. The molecule has 114 valence electrons. The average molecular weight is 338 g/mol. The smallest absolute Gasteiger partial charge is 0.307 e. The van der Waals surface area contributed by atoms with Crippen LogP contribution in [-0.4, -0.2) is 11.9 Å². The summed E-state index contributed by atoms with van der Waals surface area (Å²) < 4.78 is 0. The molecule has 0 spiro atoms. The predicted molar refractivity (Wildman–Crippen MR) is 87.3 cm³/mol. The van der Waals surface area contributed by atoms with Gasteiger partial charge >= 0.3 is 6.03 Å². The second-order valence-electron chi connectivity index (χ2n) is 4.53. The Bertz CT molecular complexity index is 702. The molecule has 3 N–H and O–H groups in total. The van der Waals surface area contributed by atoms with Crippen molar-refractivity contribution in [2.24, 2.45) is 0 Å². The van der Waals surface area contributed by atoms with Crippen molar-refractivity contribution >= 4 is 40.8 Å². The van der Waals surface area contributed by atoms with E-state index in [1.165, 1.54) is 6.07 Å². The summed E-state index contributed by atoms with van der Waals surface area (Å²) in [6, 6.07) is 11.0. The largest absolute Gasteiger partial charge is 0.337 e. The van der Waals surface area contributed by atoms with Gasteiger partial charge in [-0.3, -0.25) is 10.2 Å². The first-order valence-corrected chi connectivity index (χ1v) is 7.10. The highest BCUT2D eigenvalue weighted by Gasteiger charge is 2.08. The van der Waals surface area contributed by atoms with Crippen molar-refractivity contribution in [1.29, 1.82) is 0 Å². The van der Waals surface area contributed by atoms with E-state index in [1.807, 2.05) is 19.1 Å². The molecule has 0 radical (unpaired) electrons. The number of amides is 3. The van der Waals surface area contributed by atoms with E-state index in [0.717, 1.165) is 5.56 Å². The Labute approximate surface area is 137 Å². The van der Waals surface area contributed by atoms with Crippen molar-refractivity contribution in [3.63, 3.8) is 0 Å². The van der Waals surface area contributed by atoms with E-state index in [1.54, 1.807) is 24.3 Å². The number of carbonyl (C=O) groups is 2. The highest BCUT2D eigenvalue weighted by molar-refractivity contribution is 6.42. The summed E-state index contributed by atoms with van der Waals surface area (Å²) >= 11 is 11.6. The molecule has 3 amide bonds. The second kappa shape index (κ2) is 7.15. The molecule has 2 rings (SSSR count). The van der Waals surface area contributed by atoms with E-state index >= 15 is 0 Å². The molecule has 5 nitrogen and oxygen atoms in total. The maximum Gasteiger partial charge on any atom is 0.337 e. The number of hydrogen-bond acceptors (Lipinski definition) is 2. The number of hydrogen-bond donors (Lipinski definition) is 3. The highest BCUT2D eigenvalue weighted by Crippen LogP contribution is 2.24. The lowest BCUT2D eigenvalue weighted by Gasteiger charge is -2.09. The topological polar surface area (TPSA) is 70.2 Å². The first kappa shape index (κ1) is 16.1. The van der Waals surface area contributed by atoms with Gasteiger partial charge in [-0.15, -0.1) is 0 Å². The van der Waals surface area contributed by atoms with Gasteiger partial charge in [0.2, 0.25) is 0 Å². The van der Waals surface area contributed by atoms with E-state index in [9.17, 15) is 9.59 Å². The summed E-state index contributed by atoms with van der Waals surface area (Å²) in [6.45, 7) is 1.92. The number of urea groups is 1. The van der Waals surface area contributed by atoms with Gasteiger partial charge in [0.05, 0.1) is 10.0 Å². The number of nitrogens with one attached hydrogen (secondary N) is 3. The van der Waals surface area contributed by atoms with Crippen molar-refractivity contribution in [2.45, 2.75) is 6.92 Å². The fourth-order valence-corrected chi connectivity index (χ4v) is 1.92. The lowest BCUT2D eigenvalue weighted by atomic mass is 10.1. The number of aryl methyl sites for hydroxylation is 1. The minimum absolute atomic E-state index is 0.322. The van der Waals surface area contributed by atoms with Crippen molar-refractivity contribution in [1.82, 2.24) is 10.9 Å². The summed E-state index contributed by atoms with van der Waals surface area (Å²) in [5.41, 5.74) is 6.50. The Hall–Kier alpha value is -2.24. The van der Waals surface area contributed by atoms with Gasteiger partial charge in [0, 0.05) is 11.3 Å². The van der Waals surface area contributed by atoms with Crippen LogP contribution in [0.3, 0.4) is 0 Å². The van der Waals surface area contributed by atoms with Crippen LogP contribution in [0.15, 0.2) is 42.5 Å². The molecule has 7 heteroatoms. The SMILES string of the molecule is Cc1ccc(C(=O)NNC(=O)Nc2ccc(Cl)c(Cl)c2)cc1. The van der Waals surface area contributed by atoms with Crippen LogP contribution in [0.1, 0.15) is 15.9 Å². The summed E-state index contributed by atoms with van der Waals surface area (Å²) in [5, 5.41) is 3.23.